The van der Waals surface area contributed by atoms with E-state index in [0.29, 0.717) is 30.1 Å². The van der Waals surface area contributed by atoms with Crippen LogP contribution in [0.4, 0.5) is 0 Å². The average Bonchev–Trinajstić information content (AvgIpc) is 3.15. The molecule has 1 fully saturated rings. The molecule has 128 valence electrons. The van der Waals surface area contributed by atoms with Gasteiger partial charge < -0.3 is 10.8 Å². The first-order valence-corrected chi connectivity index (χ1v) is 7.66. The van der Waals surface area contributed by atoms with Crippen LogP contribution >= 0.6 is 12.4 Å². The number of nitrogens with zero attached hydrogens (tertiary/aromatic N) is 7. The van der Waals surface area contributed by atoms with Gasteiger partial charge in [-0.25, -0.2) is 4.98 Å². The van der Waals surface area contributed by atoms with Crippen LogP contribution in [0.5, 0.6) is 0 Å². The fourth-order valence-electron chi connectivity index (χ4n) is 3.12. The van der Waals surface area contributed by atoms with Crippen LogP contribution in [0.3, 0.4) is 0 Å². The van der Waals surface area contributed by atoms with Crippen molar-refractivity contribution in [2.24, 2.45) is 5.73 Å². The van der Waals surface area contributed by atoms with Gasteiger partial charge in [-0.2, -0.15) is 9.20 Å². The van der Waals surface area contributed by atoms with Crippen molar-refractivity contribution in [2.75, 3.05) is 0 Å². The van der Waals surface area contributed by atoms with Gasteiger partial charge >= 0.3 is 0 Å². The summed E-state index contributed by atoms with van der Waals surface area (Å²) in [5.74, 6) is 2.34. The van der Waals surface area contributed by atoms with E-state index in [1.165, 1.54) is 0 Å². The molecule has 0 aliphatic heterocycles. The van der Waals surface area contributed by atoms with Crippen molar-refractivity contribution in [1.29, 1.82) is 0 Å². The first-order chi connectivity index (χ1) is 11.1. The molecule has 3 aromatic heterocycles. The number of aliphatic hydroxyl groups excluding tert-OH is 1. The van der Waals surface area contributed by atoms with Crippen LogP contribution in [0, 0.1) is 6.92 Å². The predicted octanol–water partition coefficient (Wildman–Crippen LogP) is 0.391. The number of hydrogen-bond acceptors (Lipinski definition) is 7. The number of aryl methyl sites for hydroxylation is 1. The second-order valence-corrected chi connectivity index (χ2v) is 6.00. The third-order valence-electron chi connectivity index (χ3n) is 4.33. The Labute approximate surface area is 144 Å². The molecule has 0 unspecified atom stereocenters. The molecule has 9 nitrogen and oxygen atoms in total. The van der Waals surface area contributed by atoms with E-state index in [4.69, 9.17) is 5.73 Å². The monoisotopic (exact) mass is 350 g/mol. The summed E-state index contributed by atoms with van der Waals surface area (Å²) in [6.45, 7) is 1.86. The Morgan fingerprint density at radius 2 is 2.08 bits per heavy atom. The van der Waals surface area contributed by atoms with E-state index in [1.54, 1.807) is 15.5 Å². The van der Waals surface area contributed by atoms with E-state index in [1.807, 2.05) is 19.1 Å². The van der Waals surface area contributed by atoms with E-state index >= 15 is 0 Å². The molecule has 1 aliphatic carbocycles. The van der Waals surface area contributed by atoms with Crippen LogP contribution in [0.2, 0.25) is 0 Å². The minimum Gasteiger partial charge on any atom is -0.392 e. The standard InChI is InChI=1S/C14H18N8O.ClH/c1-8-17-14(9-2-3-11(23)10(15)6-9)22(19-8)13-5-4-12-18-16-7-21(12)20-13;/h4-5,7,9-11,23H,2-3,6,15H2,1H3;1H/t9-,10+,11+;/m0./s1. The molecule has 4 rings (SSSR count). The molecule has 1 aliphatic rings. The van der Waals surface area contributed by atoms with Crippen LogP contribution in [0.15, 0.2) is 18.5 Å². The first-order valence-electron chi connectivity index (χ1n) is 7.66. The molecule has 1 saturated carbocycles. The summed E-state index contributed by atoms with van der Waals surface area (Å²) in [5, 5.41) is 26.6. The molecule has 0 saturated heterocycles. The molecule has 3 N–H and O–H groups in total. The van der Waals surface area contributed by atoms with Crippen molar-refractivity contribution in [3.05, 3.63) is 30.1 Å². The van der Waals surface area contributed by atoms with Gasteiger partial charge in [0.05, 0.1) is 6.10 Å². The van der Waals surface area contributed by atoms with E-state index in [2.05, 4.69) is 25.4 Å². The SMILES string of the molecule is Cc1nc([C@H]2CC[C@@H](O)[C@H](N)C2)n(-c2ccc3nncn3n2)n1.Cl. The minimum atomic E-state index is -0.435. The maximum absolute atomic E-state index is 9.83. The van der Waals surface area contributed by atoms with Gasteiger partial charge in [-0.1, -0.05) is 0 Å². The smallest absolute Gasteiger partial charge is 0.177 e. The lowest BCUT2D eigenvalue weighted by Crippen LogP contribution is -2.40. The molecule has 24 heavy (non-hydrogen) atoms. The highest BCUT2D eigenvalue weighted by atomic mass is 35.5. The predicted molar refractivity (Wildman–Crippen MR) is 88.3 cm³/mol. The highest BCUT2D eigenvalue weighted by Gasteiger charge is 2.31. The van der Waals surface area contributed by atoms with Crippen LogP contribution in [-0.2, 0) is 0 Å². The minimum absolute atomic E-state index is 0. The van der Waals surface area contributed by atoms with Crippen molar-refractivity contribution < 1.29 is 5.11 Å². The first kappa shape index (κ1) is 16.7. The summed E-state index contributed by atoms with van der Waals surface area (Å²) >= 11 is 0. The molecule has 0 amide bonds. The van der Waals surface area contributed by atoms with E-state index in [-0.39, 0.29) is 24.4 Å². The maximum Gasteiger partial charge on any atom is 0.177 e. The lowest BCUT2D eigenvalue weighted by atomic mass is 9.83. The Kier molecular flexibility index (Phi) is 4.48. The van der Waals surface area contributed by atoms with Crippen molar-refractivity contribution in [3.8, 4) is 5.82 Å². The van der Waals surface area contributed by atoms with Crippen LogP contribution in [-0.4, -0.2) is 51.8 Å². The summed E-state index contributed by atoms with van der Waals surface area (Å²) < 4.78 is 3.36. The third kappa shape index (κ3) is 2.85. The lowest BCUT2D eigenvalue weighted by Gasteiger charge is -2.30. The van der Waals surface area contributed by atoms with Crippen LogP contribution in [0.1, 0.15) is 36.8 Å². The van der Waals surface area contributed by atoms with Gasteiger partial charge in [0.15, 0.2) is 11.5 Å². The summed E-state index contributed by atoms with van der Waals surface area (Å²) in [7, 11) is 0. The van der Waals surface area contributed by atoms with Gasteiger partial charge in [0.2, 0.25) is 0 Å². The molecule has 3 aromatic rings. The Morgan fingerprint density at radius 3 is 2.88 bits per heavy atom. The second kappa shape index (κ2) is 6.42. The van der Waals surface area contributed by atoms with Crippen LogP contribution < -0.4 is 5.73 Å². The molecule has 0 spiro atoms. The number of aromatic nitrogens is 7. The molecule has 0 radical (unpaired) electrons. The second-order valence-electron chi connectivity index (χ2n) is 6.00. The Bertz CT molecular complexity index is 846. The quantitative estimate of drug-likeness (QED) is 0.685. The van der Waals surface area contributed by atoms with Crippen LogP contribution in [0.25, 0.3) is 11.5 Å². The molecule has 3 atom stereocenters. The van der Waals surface area contributed by atoms with E-state index in [0.717, 1.165) is 12.2 Å². The number of aliphatic hydroxyl groups is 1. The van der Waals surface area contributed by atoms with Gasteiger partial charge in [-0.3, -0.25) is 0 Å². The molecular weight excluding hydrogens is 332 g/mol. The molecule has 0 bridgehead atoms. The summed E-state index contributed by atoms with van der Waals surface area (Å²) in [5.41, 5.74) is 6.69. The van der Waals surface area contributed by atoms with Gasteiger partial charge in [-0.05, 0) is 38.3 Å². The van der Waals surface area contributed by atoms with Crippen molar-refractivity contribution in [1.82, 2.24) is 34.6 Å². The Morgan fingerprint density at radius 1 is 1.25 bits per heavy atom. The van der Waals surface area contributed by atoms with Gasteiger partial charge in [-0.15, -0.1) is 32.8 Å². The normalized spacial score (nSPS) is 24.0. The summed E-state index contributed by atoms with van der Waals surface area (Å²) in [4.78, 5) is 4.57. The topological polar surface area (TPSA) is 120 Å². The number of hydrogen-bond donors (Lipinski definition) is 2. The van der Waals surface area contributed by atoms with Crippen molar-refractivity contribution in [2.45, 2.75) is 44.2 Å². The zero-order chi connectivity index (χ0) is 16.0. The summed E-state index contributed by atoms with van der Waals surface area (Å²) in [6.07, 6.45) is 3.32. The number of nitrogens with two attached hydrogens (primary N) is 1. The lowest BCUT2D eigenvalue weighted by molar-refractivity contribution is 0.0989. The Balaban J connectivity index is 0.00000169. The van der Waals surface area contributed by atoms with E-state index < -0.39 is 6.10 Å². The average molecular weight is 351 g/mol. The van der Waals surface area contributed by atoms with Gasteiger partial charge in [0, 0.05) is 12.0 Å². The zero-order valence-electron chi connectivity index (χ0n) is 13.1. The number of halogens is 1. The fraction of sp³-hybridized carbons (Fsp3) is 0.500. The molecular formula is C14H19ClN8O. The van der Waals surface area contributed by atoms with Crippen molar-refractivity contribution >= 4 is 18.1 Å². The maximum atomic E-state index is 9.83. The summed E-state index contributed by atoms with van der Waals surface area (Å²) in [6, 6.07) is 3.46. The van der Waals surface area contributed by atoms with Crippen molar-refractivity contribution in [3.63, 3.8) is 0 Å². The highest BCUT2D eigenvalue weighted by Crippen LogP contribution is 2.32. The number of fused-ring (bicyclic) bond motifs is 1. The molecule has 0 aromatic carbocycles. The molecule has 10 heteroatoms. The van der Waals surface area contributed by atoms with Gasteiger partial charge in [0.25, 0.3) is 0 Å². The Hall–Kier alpha value is -2.10. The fourth-order valence-corrected chi connectivity index (χ4v) is 3.12. The number of rotatable bonds is 2. The third-order valence-corrected chi connectivity index (χ3v) is 4.33. The molecule has 3 heterocycles. The highest BCUT2D eigenvalue weighted by molar-refractivity contribution is 5.85. The van der Waals surface area contributed by atoms with E-state index in [9.17, 15) is 5.11 Å². The zero-order valence-corrected chi connectivity index (χ0v) is 14.0. The largest absolute Gasteiger partial charge is 0.392 e. The van der Waals surface area contributed by atoms with Gasteiger partial charge in [0.1, 0.15) is 18.0 Å².